The van der Waals surface area contributed by atoms with Crippen molar-refractivity contribution in [3.8, 4) is 6.07 Å². The Hall–Kier alpha value is -0.990. The maximum atomic E-state index is 11.6. The van der Waals surface area contributed by atoms with Crippen molar-refractivity contribution in [1.29, 1.82) is 5.26 Å². The molecule has 0 fully saturated rings. The molecule has 1 N–H and O–H groups in total. The molecular weight excluding hydrogens is 300 g/mol. The molecule has 90 valence electrons. The molecule has 0 bridgehead atoms. The zero-order valence-electron chi connectivity index (χ0n) is 9.44. The standard InChI is InChI=1S/C12H13BrN2OS/c1-9(10-4-2-3-5-11(10)13)15-12(16)8-17-7-6-14/h2-5,9H,7-8H2,1H3,(H,15,16). The molecule has 0 heterocycles. The Morgan fingerprint density at radius 1 is 1.59 bits per heavy atom. The molecule has 1 aromatic carbocycles. The third kappa shape index (κ3) is 4.80. The lowest BCUT2D eigenvalue weighted by Gasteiger charge is -2.15. The van der Waals surface area contributed by atoms with Gasteiger partial charge >= 0.3 is 0 Å². The number of nitrogens with zero attached hydrogens (tertiary/aromatic N) is 1. The summed E-state index contributed by atoms with van der Waals surface area (Å²) in [5, 5.41) is 11.3. The van der Waals surface area contributed by atoms with Crippen molar-refractivity contribution in [2.45, 2.75) is 13.0 Å². The van der Waals surface area contributed by atoms with E-state index in [4.69, 9.17) is 5.26 Å². The Labute approximate surface area is 114 Å². The van der Waals surface area contributed by atoms with Crippen LogP contribution in [0.4, 0.5) is 0 Å². The Balaban J connectivity index is 2.50. The number of hydrogen-bond donors (Lipinski definition) is 1. The minimum Gasteiger partial charge on any atom is -0.349 e. The van der Waals surface area contributed by atoms with E-state index in [0.717, 1.165) is 10.0 Å². The molecule has 3 nitrogen and oxygen atoms in total. The van der Waals surface area contributed by atoms with Crippen molar-refractivity contribution >= 4 is 33.6 Å². The van der Waals surface area contributed by atoms with Gasteiger partial charge in [-0.3, -0.25) is 4.79 Å². The third-order valence-corrected chi connectivity index (χ3v) is 3.67. The van der Waals surface area contributed by atoms with Crippen LogP contribution < -0.4 is 5.32 Å². The van der Waals surface area contributed by atoms with Gasteiger partial charge in [0, 0.05) is 4.47 Å². The van der Waals surface area contributed by atoms with Gasteiger partial charge in [-0.05, 0) is 18.6 Å². The van der Waals surface area contributed by atoms with Crippen molar-refractivity contribution in [3.05, 3.63) is 34.3 Å². The first-order valence-electron chi connectivity index (χ1n) is 5.13. The van der Waals surface area contributed by atoms with E-state index in [1.54, 1.807) is 0 Å². The van der Waals surface area contributed by atoms with Gasteiger partial charge in [0.1, 0.15) is 0 Å². The van der Waals surface area contributed by atoms with Gasteiger partial charge in [-0.2, -0.15) is 5.26 Å². The number of amides is 1. The van der Waals surface area contributed by atoms with Crippen LogP contribution in [0.3, 0.4) is 0 Å². The quantitative estimate of drug-likeness (QED) is 0.851. The molecule has 1 rings (SSSR count). The Morgan fingerprint density at radius 2 is 2.29 bits per heavy atom. The Bertz CT molecular complexity index is 431. The summed E-state index contributed by atoms with van der Waals surface area (Å²) >= 11 is 4.77. The number of nitriles is 1. The van der Waals surface area contributed by atoms with E-state index >= 15 is 0 Å². The smallest absolute Gasteiger partial charge is 0.230 e. The van der Waals surface area contributed by atoms with E-state index in [9.17, 15) is 4.79 Å². The molecule has 1 atom stereocenters. The van der Waals surface area contributed by atoms with E-state index in [1.807, 2.05) is 37.3 Å². The number of carbonyl (C=O) groups is 1. The first-order valence-corrected chi connectivity index (χ1v) is 7.08. The highest BCUT2D eigenvalue weighted by Crippen LogP contribution is 2.22. The first-order chi connectivity index (χ1) is 8.15. The SMILES string of the molecule is CC(NC(=O)CSCC#N)c1ccccc1Br. The molecule has 5 heteroatoms. The summed E-state index contributed by atoms with van der Waals surface area (Å²) in [5.74, 6) is 0.618. The van der Waals surface area contributed by atoms with Gasteiger partial charge in [0.25, 0.3) is 0 Å². The first kappa shape index (κ1) is 14.1. The monoisotopic (exact) mass is 312 g/mol. The molecule has 1 amide bonds. The largest absolute Gasteiger partial charge is 0.349 e. The fourth-order valence-electron chi connectivity index (χ4n) is 1.38. The number of carbonyl (C=O) groups excluding carboxylic acids is 1. The summed E-state index contributed by atoms with van der Waals surface area (Å²) in [6, 6.07) is 9.74. The highest BCUT2D eigenvalue weighted by atomic mass is 79.9. The van der Waals surface area contributed by atoms with Crippen LogP contribution in [0.5, 0.6) is 0 Å². The lowest BCUT2D eigenvalue weighted by Crippen LogP contribution is -2.28. The van der Waals surface area contributed by atoms with Gasteiger partial charge in [0.15, 0.2) is 0 Å². The molecule has 1 aromatic rings. The summed E-state index contributed by atoms with van der Waals surface area (Å²) in [6.07, 6.45) is 0. The zero-order chi connectivity index (χ0) is 12.7. The molecular formula is C12H13BrN2OS. The van der Waals surface area contributed by atoms with Gasteiger partial charge in [-0.25, -0.2) is 0 Å². The second-order valence-corrected chi connectivity index (χ2v) is 5.30. The van der Waals surface area contributed by atoms with E-state index in [0.29, 0.717) is 11.5 Å². The average Bonchev–Trinajstić information content (AvgIpc) is 2.29. The summed E-state index contributed by atoms with van der Waals surface area (Å²) < 4.78 is 0.984. The van der Waals surface area contributed by atoms with Gasteiger partial charge in [0.05, 0.1) is 23.6 Å². The molecule has 0 aromatic heterocycles. The lowest BCUT2D eigenvalue weighted by atomic mass is 10.1. The number of rotatable bonds is 5. The zero-order valence-corrected chi connectivity index (χ0v) is 11.8. The normalized spacial score (nSPS) is 11.6. The van der Waals surface area contributed by atoms with Crippen LogP contribution >= 0.6 is 27.7 Å². The molecule has 0 radical (unpaired) electrons. The van der Waals surface area contributed by atoms with Crippen LogP contribution in [0.2, 0.25) is 0 Å². The molecule has 0 saturated heterocycles. The number of halogens is 1. The van der Waals surface area contributed by atoms with Crippen LogP contribution in [-0.2, 0) is 4.79 Å². The highest BCUT2D eigenvalue weighted by Gasteiger charge is 2.11. The fraction of sp³-hybridized carbons (Fsp3) is 0.333. The van der Waals surface area contributed by atoms with Crippen molar-refractivity contribution in [3.63, 3.8) is 0 Å². The van der Waals surface area contributed by atoms with E-state index in [1.165, 1.54) is 11.8 Å². The predicted molar refractivity (Wildman–Crippen MR) is 73.6 cm³/mol. The van der Waals surface area contributed by atoms with Crippen molar-refractivity contribution < 1.29 is 4.79 Å². The maximum Gasteiger partial charge on any atom is 0.230 e. The molecule has 0 aliphatic heterocycles. The minimum atomic E-state index is -0.0477. The summed E-state index contributed by atoms with van der Waals surface area (Å²) in [5.41, 5.74) is 1.05. The number of nitrogens with one attached hydrogen (secondary N) is 1. The van der Waals surface area contributed by atoms with Crippen LogP contribution in [0, 0.1) is 11.3 Å². The molecule has 0 spiro atoms. The third-order valence-electron chi connectivity index (χ3n) is 2.15. The van der Waals surface area contributed by atoms with Crippen LogP contribution in [0.25, 0.3) is 0 Å². The van der Waals surface area contributed by atoms with Crippen molar-refractivity contribution in [1.82, 2.24) is 5.32 Å². The van der Waals surface area contributed by atoms with Crippen LogP contribution in [0.1, 0.15) is 18.5 Å². The second kappa shape index (κ2) is 7.36. The fourth-order valence-corrected chi connectivity index (χ4v) is 2.47. The van der Waals surface area contributed by atoms with E-state index in [-0.39, 0.29) is 11.9 Å². The summed E-state index contributed by atoms with van der Waals surface area (Å²) in [7, 11) is 0. The second-order valence-electron chi connectivity index (χ2n) is 3.46. The van der Waals surface area contributed by atoms with Gasteiger partial charge < -0.3 is 5.32 Å². The van der Waals surface area contributed by atoms with Crippen molar-refractivity contribution in [2.75, 3.05) is 11.5 Å². The van der Waals surface area contributed by atoms with Crippen LogP contribution in [-0.4, -0.2) is 17.4 Å². The maximum absolute atomic E-state index is 11.6. The lowest BCUT2D eigenvalue weighted by molar-refractivity contribution is -0.119. The average molecular weight is 313 g/mol. The number of thioether (sulfide) groups is 1. The van der Waals surface area contributed by atoms with Gasteiger partial charge in [0.2, 0.25) is 5.91 Å². The van der Waals surface area contributed by atoms with Gasteiger partial charge in [-0.1, -0.05) is 34.1 Å². The number of hydrogen-bond acceptors (Lipinski definition) is 3. The molecule has 0 saturated carbocycles. The highest BCUT2D eigenvalue weighted by molar-refractivity contribution is 9.10. The molecule has 0 aliphatic carbocycles. The summed E-state index contributed by atoms with van der Waals surface area (Å²) in [4.78, 5) is 11.6. The van der Waals surface area contributed by atoms with Crippen LogP contribution in [0.15, 0.2) is 28.7 Å². The Kier molecular flexibility index (Phi) is 6.09. The molecule has 17 heavy (non-hydrogen) atoms. The molecule has 0 aliphatic rings. The minimum absolute atomic E-state index is 0.0410. The van der Waals surface area contributed by atoms with Crippen molar-refractivity contribution in [2.24, 2.45) is 0 Å². The van der Waals surface area contributed by atoms with E-state index < -0.39 is 0 Å². The predicted octanol–water partition coefficient (Wildman–Crippen LogP) is 2.88. The van der Waals surface area contributed by atoms with E-state index in [2.05, 4.69) is 21.2 Å². The van der Waals surface area contributed by atoms with Gasteiger partial charge in [-0.15, -0.1) is 11.8 Å². The summed E-state index contributed by atoms with van der Waals surface area (Å²) in [6.45, 7) is 1.94. The topological polar surface area (TPSA) is 52.9 Å². The Morgan fingerprint density at radius 3 is 2.94 bits per heavy atom. The molecule has 1 unspecified atom stereocenters. The number of benzene rings is 1.